The van der Waals surface area contributed by atoms with Gasteiger partial charge in [-0.1, -0.05) is 0 Å². The summed E-state index contributed by atoms with van der Waals surface area (Å²) in [5, 5.41) is 5.24. The molecule has 0 unspecified atom stereocenters. The largest absolute Gasteiger partial charge is 0.347 e. The lowest BCUT2D eigenvalue weighted by atomic mass is 10.1. The molecule has 0 radical (unpaired) electrons. The smallest absolute Gasteiger partial charge is 0.261 e. The third-order valence-electron chi connectivity index (χ3n) is 4.19. The van der Waals surface area contributed by atoms with Gasteiger partial charge in [0.2, 0.25) is 0 Å². The van der Waals surface area contributed by atoms with Gasteiger partial charge in [-0.2, -0.15) is 0 Å². The third-order valence-corrected chi connectivity index (χ3v) is 5.12. The SMILES string of the molecule is O=C(N[C@@H]1CCc2nccn2C1)c1sccc1C1CC1. The maximum Gasteiger partial charge on any atom is 0.261 e. The maximum atomic E-state index is 12.5. The zero-order chi connectivity index (χ0) is 13.5. The first kappa shape index (κ1) is 12.1. The van der Waals surface area contributed by atoms with Crippen molar-refractivity contribution in [2.75, 3.05) is 0 Å². The minimum absolute atomic E-state index is 0.107. The molecule has 3 heterocycles. The minimum atomic E-state index is 0.107. The number of amides is 1. The van der Waals surface area contributed by atoms with Crippen molar-refractivity contribution in [1.29, 1.82) is 0 Å². The molecule has 0 spiro atoms. The van der Waals surface area contributed by atoms with Gasteiger partial charge in [0.05, 0.1) is 4.88 Å². The second-order valence-corrected chi connectivity index (χ2v) is 6.60. The van der Waals surface area contributed by atoms with E-state index in [-0.39, 0.29) is 11.9 Å². The average Bonchev–Trinajstić information content (AvgIpc) is 3.01. The number of nitrogens with one attached hydrogen (secondary N) is 1. The fourth-order valence-corrected chi connectivity index (χ4v) is 3.84. The molecule has 20 heavy (non-hydrogen) atoms. The van der Waals surface area contributed by atoms with Crippen molar-refractivity contribution in [2.45, 2.75) is 44.2 Å². The summed E-state index contributed by atoms with van der Waals surface area (Å²) in [7, 11) is 0. The van der Waals surface area contributed by atoms with Crippen molar-refractivity contribution in [2.24, 2.45) is 0 Å². The van der Waals surface area contributed by atoms with Crippen LogP contribution in [0.25, 0.3) is 0 Å². The number of carbonyl (C=O) groups excluding carboxylic acids is 1. The summed E-state index contributed by atoms with van der Waals surface area (Å²) in [6.45, 7) is 0.839. The number of aryl methyl sites for hydroxylation is 1. The van der Waals surface area contributed by atoms with Crippen LogP contribution in [0.4, 0.5) is 0 Å². The highest BCUT2D eigenvalue weighted by Crippen LogP contribution is 2.43. The van der Waals surface area contributed by atoms with Gasteiger partial charge in [0.15, 0.2) is 0 Å². The summed E-state index contributed by atoms with van der Waals surface area (Å²) in [6.07, 6.45) is 8.22. The van der Waals surface area contributed by atoms with Crippen LogP contribution in [0.3, 0.4) is 0 Å². The van der Waals surface area contributed by atoms with E-state index in [2.05, 4.69) is 20.9 Å². The van der Waals surface area contributed by atoms with Crippen LogP contribution in [0.2, 0.25) is 0 Å². The molecule has 2 aromatic rings. The van der Waals surface area contributed by atoms with Crippen molar-refractivity contribution in [3.63, 3.8) is 0 Å². The van der Waals surface area contributed by atoms with E-state index in [4.69, 9.17) is 0 Å². The summed E-state index contributed by atoms with van der Waals surface area (Å²) in [4.78, 5) is 17.7. The van der Waals surface area contributed by atoms with Crippen molar-refractivity contribution in [1.82, 2.24) is 14.9 Å². The molecule has 1 aliphatic heterocycles. The molecule has 2 aromatic heterocycles. The van der Waals surface area contributed by atoms with Crippen LogP contribution in [-0.4, -0.2) is 21.5 Å². The molecule has 1 atom stereocenters. The lowest BCUT2D eigenvalue weighted by Gasteiger charge is -2.24. The average molecular weight is 287 g/mol. The molecule has 5 heteroatoms. The van der Waals surface area contributed by atoms with E-state index >= 15 is 0 Å². The zero-order valence-electron chi connectivity index (χ0n) is 11.2. The Bertz CT molecular complexity index is 641. The standard InChI is InChI=1S/C15H17N3OS/c19-15(14-12(5-8-20-14)10-1-2-10)17-11-3-4-13-16-6-7-18(13)9-11/h5-8,10-11H,1-4,9H2,(H,17,19)/t11-/m1/s1. The van der Waals surface area contributed by atoms with E-state index < -0.39 is 0 Å². The highest BCUT2D eigenvalue weighted by atomic mass is 32.1. The lowest BCUT2D eigenvalue weighted by Crippen LogP contribution is -2.40. The van der Waals surface area contributed by atoms with E-state index in [1.54, 1.807) is 11.3 Å². The molecule has 1 aliphatic carbocycles. The van der Waals surface area contributed by atoms with E-state index in [1.807, 2.05) is 17.8 Å². The molecule has 1 N–H and O–H groups in total. The van der Waals surface area contributed by atoms with Crippen molar-refractivity contribution < 1.29 is 4.79 Å². The van der Waals surface area contributed by atoms with Crippen LogP contribution < -0.4 is 5.32 Å². The number of rotatable bonds is 3. The van der Waals surface area contributed by atoms with Gasteiger partial charge in [-0.25, -0.2) is 4.98 Å². The number of hydrogen-bond acceptors (Lipinski definition) is 3. The van der Waals surface area contributed by atoms with Crippen LogP contribution in [0.5, 0.6) is 0 Å². The van der Waals surface area contributed by atoms with Gasteiger partial charge in [-0.05, 0) is 42.2 Å². The molecule has 4 nitrogen and oxygen atoms in total. The van der Waals surface area contributed by atoms with Crippen molar-refractivity contribution >= 4 is 17.2 Å². The molecule has 2 aliphatic rings. The van der Waals surface area contributed by atoms with Crippen LogP contribution in [-0.2, 0) is 13.0 Å². The second kappa shape index (κ2) is 4.74. The summed E-state index contributed by atoms with van der Waals surface area (Å²) in [5.74, 6) is 1.87. The molecular weight excluding hydrogens is 270 g/mol. The number of fused-ring (bicyclic) bond motifs is 1. The van der Waals surface area contributed by atoms with E-state index in [9.17, 15) is 4.79 Å². The van der Waals surface area contributed by atoms with Gasteiger partial charge in [-0.15, -0.1) is 11.3 Å². The summed E-state index contributed by atoms with van der Waals surface area (Å²) in [5.41, 5.74) is 1.26. The van der Waals surface area contributed by atoms with Crippen molar-refractivity contribution in [3.05, 3.63) is 40.1 Å². The normalized spacial score (nSPS) is 21.5. The fraction of sp³-hybridized carbons (Fsp3) is 0.467. The lowest BCUT2D eigenvalue weighted by molar-refractivity contribution is 0.0931. The van der Waals surface area contributed by atoms with Gasteiger partial charge in [0.1, 0.15) is 5.82 Å². The second-order valence-electron chi connectivity index (χ2n) is 5.68. The maximum absolute atomic E-state index is 12.5. The Morgan fingerprint density at radius 1 is 1.40 bits per heavy atom. The number of aromatic nitrogens is 2. The fourth-order valence-electron chi connectivity index (χ4n) is 2.95. The van der Waals surface area contributed by atoms with Crippen LogP contribution >= 0.6 is 11.3 Å². The van der Waals surface area contributed by atoms with Gasteiger partial charge in [-0.3, -0.25) is 4.79 Å². The van der Waals surface area contributed by atoms with Crippen molar-refractivity contribution in [3.8, 4) is 0 Å². The summed E-state index contributed by atoms with van der Waals surface area (Å²) >= 11 is 1.57. The molecule has 104 valence electrons. The molecule has 1 amide bonds. The first-order valence-corrected chi connectivity index (χ1v) is 8.07. The number of nitrogens with zero attached hydrogens (tertiary/aromatic N) is 2. The Kier molecular flexibility index (Phi) is 2.88. The first-order valence-electron chi connectivity index (χ1n) is 7.19. The third kappa shape index (κ3) is 2.16. The van der Waals surface area contributed by atoms with Gasteiger partial charge in [0, 0.05) is 31.4 Å². The van der Waals surface area contributed by atoms with E-state index in [0.29, 0.717) is 5.92 Å². The quantitative estimate of drug-likeness (QED) is 0.943. The molecule has 0 aromatic carbocycles. The number of thiophene rings is 1. The predicted molar refractivity (Wildman–Crippen MR) is 78.1 cm³/mol. The van der Waals surface area contributed by atoms with Crippen LogP contribution in [0.1, 0.15) is 46.2 Å². The zero-order valence-corrected chi connectivity index (χ0v) is 12.0. The highest BCUT2D eigenvalue weighted by Gasteiger charge is 2.30. The molecule has 0 bridgehead atoms. The highest BCUT2D eigenvalue weighted by molar-refractivity contribution is 7.12. The van der Waals surface area contributed by atoms with Gasteiger partial charge < -0.3 is 9.88 Å². The molecule has 0 saturated heterocycles. The van der Waals surface area contributed by atoms with Gasteiger partial charge >= 0.3 is 0 Å². The predicted octanol–water partition coefficient (Wildman–Crippen LogP) is 2.57. The van der Waals surface area contributed by atoms with Crippen LogP contribution in [0, 0.1) is 0 Å². The molecule has 1 saturated carbocycles. The monoisotopic (exact) mass is 287 g/mol. The minimum Gasteiger partial charge on any atom is -0.347 e. The topological polar surface area (TPSA) is 46.9 Å². The summed E-state index contributed by atoms with van der Waals surface area (Å²) < 4.78 is 2.14. The molecule has 1 fully saturated rings. The van der Waals surface area contributed by atoms with E-state index in [0.717, 1.165) is 30.1 Å². The Hall–Kier alpha value is -1.62. The Morgan fingerprint density at radius 2 is 2.30 bits per heavy atom. The Balaban J connectivity index is 1.46. The van der Waals surface area contributed by atoms with E-state index in [1.165, 1.54) is 18.4 Å². The Labute approximate surface area is 121 Å². The molecule has 4 rings (SSSR count). The number of carbonyl (C=O) groups is 1. The number of imidazole rings is 1. The number of hydrogen-bond donors (Lipinski definition) is 1. The first-order chi connectivity index (χ1) is 9.81. The Morgan fingerprint density at radius 3 is 3.15 bits per heavy atom. The van der Waals surface area contributed by atoms with Gasteiger partial charge in [0.25, 0.3) is 5.91 Å². The molecular formula is C15H17N3OS. The van der Waals surface area contributed by atoms with Crippen LogP contribution in [0.15, 0.2) is 23.8 Å². The summed E-state index contributed by atoms with van der Waals surface area (Å²) in [6, 6.07) is 2.34.